The van der Waals surface area contributed by atoms with Crippen molar-refractivity contribution in [2.24, 2.45) is 4.99 Å². The summed E-state index contributed by atoms with van der Waals surface area (Å²) in [5.41, 5.74) is 2.81. The number of benzene rings is 1. The van der Waals surface area contributed by atoms with Crippen LogP contribution in [0.25, 0.3) is 0 Å². The normalized spacial score (nSPS) is 21.0. The third-order valence-corrected chi connectivity index (χ3v) is 4.86. The lowest BCUT2D eigenvalue weighted by Crippen LogP contribution is -3.10. The molecule has 1 unspecified atom stereocenters. The fourth-order valence-corrected chi connectivity index (χ4v) is 3.33. The highest BCUT2D eigenvalue weighted by atomic mass is 15.4. The van der Waals surface area contributed by atoms with Crippen molar-refractivity contribution in [3.8, 4) is 6.07 Å². The molecule has 3 heterocycles. The number of hydrogen-bond donors (Lipinski definition) is 3. The molecule has 0 radical (unpaired) electrons. The van der Waals surface area contributed by atoms with Crippen LogP contribution >= 0.6 is 0 Å². The molecule has 0 spiro atoms. The number of anilines is 2. The van der Waals surface area contributed by atoms with E-state index in [0.717, 1.165) is 28.1 Å². The summed E-state index contributed by atoms with van der Waals surface area (Å²) in [4.78, 5) is 7.69. The highest BCUT2D eigenvalue weighted by molar-refractivity contribution is 5.84. The predicted octanol–water partition coefficient (Wildman–Crippen LogP) is 1.66. The molecule has 3 aliphatic rings. The third-order valence-electron chi connectivity index (χ3n) is 4.86. The molecule has 1 atom stereocenters. The van der Waals surface area contributed by atoms with Crippen LogP contribution in [0.3, 0.4) is 0 Å². The first-order valence-corrected chi connectivity index (χ1v) is 8.72. The van der Waals surface area contributed by atoms with Crippen molar-refractivity contribution in [2.45, 2.75) is 18.8 Å². The van der Waals surface area contributed by atoms with E-state index in [2.05, 4.69) is 43.7 Å². The number of amidine groups is 1. The second-order valence-corrected chi connectivity index (χ2v) is 6.75. The van der Waals surface area contributed by atoms with E-state index in [9.17, 15) is 0 Å². The molecule has 26 heavy (non-hydrogen) atoms. The van der Waals surface area contributed by atoms with Gasteiger partial charge in [-0.1, -0.05) is 6.07 Å². The van der Waals surface area contributed by atoms with Crippen LogP contribution in [0.15, 0.2) is 59.7 Å². The van der Waals surface area contributed by atoms with Crippen LogP contribution in [-0.2, 0) is 0 Å². The maximum atomic E-state index is 9.16. The maximum Gasteiger partial charge on any atom is 0.232 e. The van der Waals surface area contributed by atoms with E-state index in [1.54, 1.807) is 0 Å². The summed E-state index contributed by atoms with van der Waals surface area (Å²) in [5.74, 6) is 3.42. The lowest BCUT2D eigenvalue weighted by molar-refractivity contribution is -0.698. The monoisotopic (exact) mass is 344 g/mol. The molecule has 0 amide bonds. The Labute approximate surface area is 150 Å². The molecule has 5 rings (SSSR count). The second kappa shape index (κ2) is 5.86. The van der Waals surface area contributed by atoms with Gasteiger partial charge in [-0.3, -0.25) is 10.4 Å². The summed E-state index contributed by atoms with van der Waals surface area (Å²) >= 11 is 0. The zero-order valence-corrected chi connectivity index (χ0v) is 14.1. The van der Waals surface area contributed by atoms with E-state index in [1.165, 1.54) is 18.5 Å². The van der Waals surface area contributed by atoms with Crippen molar-refractivity contribution < 1.29 is 4.90 Å². The maximum absolute atomic E-state index is 9.16. The van der Waals surface area contributed by atoms with Gasteiger partial charge in [-0.05, 0) is 31.0 Å². The molecule has 2 aromatic rings. The Morgan fingerprint density at radius 2 is 2.23 bits per heavy atom. The minimum atomic E-state index is 0.639. The molecule has 128 valence electrons. The Morgan fingerprint density at radius 3 is 3.08 bits per heavy atom. The lowest BCUT2D eigenvalue weighted by Gasteiger charge is -2.28. The number of nitrogens with zero attached hydrogens (tertiary/aromatic N) is 4. The Hall–Kier alpha value is -3.37. The number of H-pyrrole nitrogens is 1. The topological polar surface area (TPSA) is 84.5 Å². The molecule has 1 saturated carbocycles. The first kappa shape index (κ1) is 14.9. The molecule has 7 heteroatoms. The van der Waals surface area contributed by atoms with Crippen molar-refractivity contribution in [1.29, 1.82) is 5.26 Å². The molecule has 1 aliphatic carbocycles. The van der Waals surface area contributed by atoms with Crippen molar-refractivity contribution >= 4 is 17.3 Å². The highest BCUT2D eigenvalue weighted by Gasteiger charge is 2.32. The van der Waals surface area contributed by atoms with E-state index in [-0.39, 0.29) is 0 Å². The Kier molecular flexibility index (Phi) is 3.37. The molecular formula is C19H18N7+. The molecule has 0 bridgehead atoms. The van der Waals surface area contributed by atoms with E-state index >= 15 is 0 Å². The summed E-state index contributed by atoms with van der Waals surface area (Å²) in [6.45, 7) is 0.677. The molecule has 0 saturated heterocycles. The van der Waals surface area contributed by atoms with Gasteiger partial charge in [-0.2, -0.15) is 10.4 Å². The van der Waals surface area contributed by atoms with Crippen LogP contribution < -0.4 is 15.1 Å². The molecule has 1 aromatic carbocycles. The fourth-order valence-electron chi connectivity index (χ4n) is 3.33. The van der Waals surface area contributed by atoms with Crippen LogP contribution in [0.1, 0.15) is 30.0 Å². The smallest absolute Gasteiger partial charge is 0.232 e. The second-order valence-electron chi connectivity index (χ2n) is 6.75. The van der Waals surface area contributed by atoms with Crippen LogP contribution in [0, 0.1) is 11.3 Å². The van der Waals surface area contributed by atoms with Crippen molar-refractivity contribution in [1.82, 2.24) is 10.2 Å². The molecule has 1 aromatic heterocycles. The van der Waals surface area contributed by atoms with E-state index in [4.69, 9.17) is 5.26 Å². The van der Waals surface area contributed by atoms with Gasteiger partial charge in [0.15, 0.2) is 5.82 Å². The van der Waals surface area contributed by atoms with Crippen LogP contribution in [0.5, 0.6) is 0 Å². The van der Waals surface area contributed by atoms with Crippen molar-refractivity contribution in [2.75, 3.05) is 16.8 Å². The number of aromatic nitrogens is 2. The highest BCUT2D eigenvalue weighted by Crippen LogP contribution is 2.39. The number of nitriles is 1. The predicted molar refractivity (Wildman–Crippen MR) is 98.3 cm³/mol. The number of hydrogen-bond acceptors (Lipinski definition) is 5. The third kappa shape index (κ3) is 2.66. The summed E-state index contributed by atoms with van der Waals surface area (Å²) in [6, 6.07) is 11.9. The van der Waals surface area contributed by atoms with E-state index in [1.807, 2.05) is 36.7 Å². The summed E-state index contributed by atoms with van der Waals surface area (Å²) < 4.78 is 0. The number of aromatic amines is 1. The van der Waals surface area contributed by atoms with E-state index < -0.39 is 0 Å². The average molecular weight is 344 g/mol. The fraction of sp³-hybridized carbons (Fsp3) is 0.211. The molecule has 3 N–H and O–H groups in total. The quantitative estimate of drug-likeness (QED) is 0.787. The van der Waals surface area contributed by atoms with Gasteiger partial charge in [0.2, 0.25) is 11.7 Å². The van der Waals surface area contributed by atoms with Gasteiger partial charge in [0.25, 0.3) is 0 Å². The van der Waals surface area contributed by atoms with Crippen LogP contribution in [-0.4, -0.2) is 22.6 Å². The largest absolute Gasteiger partial charge is 0.329 e. The number of nitrogens with one attached hydrogen (secondary N) is 3. The zero-order valence-electron chi connectivity index (χ0n) is 14.1. The summed E-state index contributed by atoms with van der Waals surface area (Å²) in [5, 5.41) is 20.1. The average Bonchev–Trinajstić information content (AvgIpc) is 3.23. The molecule has 1 fully saturated rings. The van der Waals surface area contributed by atoms with Gasteiger partial charge in [0, 0.05) is 23.4 Å². The number of rotatable bonds is 4. The molecule has 7 nitrogen and oxygen atoms in total. The van der Waals surface area contributed by atoms with Gasteiger partial charge in [-0.25, -0.2) is 9.89 Å². The lowest BCUT2D eigenvalue weighted by atomic mass is 10.2. The van der Waals surface area contributed by atoms with Gasteiger partial charge < -0.3 is 4.90 Å². The van der Waals surface area contributed by atoms with Gasteiger partial charge in [-0.15, -0.1) is 0 Å². The number of aliphatic imine (C=N–C) groups is 1. The van der Waals surface area contributed by atoms with Gasteiger partial charge in [0.05, 0.1) is 24.0 Å². The first-order valence-electron chi connectivity index (χ1n) is 8.72. The SMILES string of the molecule is N#Cc1cccc(N2C=C(Nc3cc(C4CC4)[nH]n3)[NH+]3C=CN=C3C2)c1. The minimum Gasteiger partial charge on any atom is -0.329 e. The summed E-state index contributed by atoms with van der Waals surface area (Å²) in [6.07, 6.45) is 8.39. The summed E-state index contributed by atoms with van der Waals surface area (Å²) in [7, 11) is 0. The number of quaternary nitrogens is 1. The van der Waals surface area contributed by atoms with Crippen molar-refractivity contribution in [3.05, 3.63) is 66.0 Å². The minimum absolute atomic E-state index is 0.639. The van der Waals surface area contributed by atoms with E-state index in [0.29, 0.717) is 18.0 Å². The molecular weight excluding hydrogens is 326 g/mol. The Balaban J connectivity index is 1.46. The standard InChI is InChI=1S/C19H17N7/c20-10-13-2-1-3-15(8-13)25-11-18-21-6-7-26(18)19(12-25)22-17-9-16(23-24-17)14-4-5-14/h1-3,6-9,12,14H,4-5,11H2,(H2,22,23,24)/p+1. The van der Waals surface area contributed by atoms with Gasteiger partial charge >= 0.3 is 0 Å². The first-order chi connectivity index (χ1) is 12.8. The van der Waals surface area contributed by atoms with Crippen LogP contribution in [0.4, 0.5) is 11.5 Å². The van der Waals surface area contributed by atoms with Gasteiger partial charge in [0.1, 0.15) is 12.7 Å². The Morgan fingerprint density at radius 1 is 1.31 bits per heavy atom. The van der Waals surface area contributed by atoms with Crippen LogP contribution in [0.2, 0.25) is 0 Å². The zero-order chi connectivity index (χ0) is 17.5. The molecule has 2 aliphatic heterocycles. The van der Waals surface area contributed by atoms with Crippen molar-refractivity contribution in [3.63, 3.8) is 0 Å². The number of fused-ring (bicyclic) bond motifs is 1. The Bertz CT molecular complexity index is 987.